The van der Waals surface area contributed by atoms with Gasteiger partial charge in [-0.1, -0.05) is 35.9 Å². The van der Waals surface area contributed by atoms with Crippen LogP contribution in [-0.4, -0.2) is 0 Å². The average molecular weight is 798 g/mol. The summed E-state index contributed by atoms with van der Waals surface area (Å²) in [7, 11) is -19.4. The third kappa shape index (κ3) is 52.3. The van der Waals surface area contributed by atoms with Crippen LogP contribution in [0.2, 0.25) is 0 Å². The SMILES string of the molecule is Cc1ccccc1.O=[P+]([O-])O[P+](=O)[O-].O=[P+]([O-])O[P+](=O)[O-].O=[P+]([O-])O[P+](=O)[O-].[Ce+3].[Ce+3]. The normalized spacial score (nSPS) is 11.4. The summed E-state index contributed by atoms with van der Waals surface area (Å²) < 4.78 is 64.9. The number of aryl methyl sites for hydroxylation is 1. The fourth-order valence-corrected chi connectivity index (χ4v) is 2.00. The molecule has 0 spiro atoms. The van der Waals surface area contributed by atoms with Crippen molar-refractivity contribution >= 4 is 49.5 Å². The monoisotopic (exact) mass is 798 g/mol. The van der Waals surface area contributed by atoms with Crippen molar-refractivity contribution in [3.63, 3.8) is 0 Å². The van der Waals surface area contributed by atoms with E-state index in [0.29, 0.717) is 0 Å². The van der Waals surface area contributed by atoms with Crippen LogP contribution in [0.15, 0.2) is 30.3 Å². The molecule has 0 amide bonds. The van der Waals surface area contributed by atoms with Gasteiger partial charge in [0.1, 0.15) is 12.9 Å². The third-order valence-corrected chi connectivity index (χ3v) is 4.54. The van der Waals surface area contributed by atoms with Gasteiger partial charge in [-0.15, -0.1) is 0 Å². The zero-order valence-corrected chi connectivity index (χ0v) is 25.8. The number of benzene rings is 1. The van der Waals surface area contributed by atoms with Crippen molar-refractivity contribution in [2.75, 3.05) is 0 Å². The summed E-state index contributed by atoms with van der Waals surface area (Å²) >= 11 is 0. The van der Waals surface area contributed by atoms with E-state index in [-0.39, 0.29) is 83.5 Å². The second-order valence-corrected chi connectivity index (χ2v) is 7.88. The molecule has 6 atom stereocenters. The summed E-state index contributed by atoms with van der Waals surface area (Å²) in [5.74, 6) is 0. The van der Waals surface area contributed by atoms with Crippen molar-refractivity contribution in [3.05, 3.63) is 35.9 Å². The van der Waals surface area contributed by atoms with Crippen LogP contribution in [0.1, 0.15) is 5.56 Å². The maximum atomic E-state index is 9.24. The number of hydrogen-bond donors (Lipinski definition) is 0. The van der Waals surface area contributed by atoms with Crippen molar-refractivity contribution in [2.24, 2.45) is 0 Å². The molecule has 1 rings (SSSR count). The Morgan fingerprint density at radius 2 is 0.733 bits per heavy atom. The van der Waals surface area contributed by atoms with Crippen LogP contribution < -0.4 is 29.4 Å². The van der Waals surface area contributed by atoms with Gasteiger partial charge in [0.15, 0.2) is 0 Å². The molecule has 1 aromatic rings. The molecule has 158 valence electrons. The van der Waals surface area contributed by atoms with Crippen molar-refractivity contribution in [3.8, 4) is 0 Å². The van der Waals surface area contributed by atoms with Crippen LogP contribution >= 0.6 is 49.5 Å². The molecule has 1 aromatic carbocycles. The molecule has 0 aliphatic rings. The van der Waals surface area contributed by atoms with E-state index in [0.717, 1.165) is 0 Å². The van der Waals surface area contributed by atoms with Gasteiger partial charge in [0.2, 0.25) is 0 Å². The van der Waals surface area contributed by atoms with Crippen LogP contribution in [-0.2, 0) is 40.3 Å². The molecular formula is C7H8Ce2O15P6+6. The fraction of sp³-hybridized carbons (Fsp3) is 0.143. The van der Waals surface area contributed by atoms with Gasteiger partial charge in [-0.3, -0.25) is 0 Å². The molecule has 23 heteroatoms. The van der Waals surface area contributed by atoms with E-state index in [1.54, 1.807) is 0 Å². The minimum atomic E-state index is -3.24. The Balaban J connectivity index is -0.0000000906. The van der Waals surface area contributed by atoms with Crippen LogP contribution in [0.25, 0.3) is 0 Å². The van der Waals surface area contributed by atoms with Gasteiger partial charge in [-0.25, -0.2) is 0 Å². The first kappa shape index (κ1) is 42.4. The molecular weight excluding hydrogens is 790 g/mol. The van der Waals surface area contributed by atoms with Crippen LogP contribution in [0.3, 0.4) is 0 Å². The van der Waals surface area contributed by atoms with E-state index in [9.17, 15) is 56.8 Å². The van der Waals surface area contributed by atoms with Crippen molar-refractivity contribution in [2.45, 2.75) is 6.92 Å². The van der Waals surface area contributed by atoms with E-state index < -0.39 is 49.5 Å². The summed E-state index contributed by atoms with van der Waals surface area (Å²) in [6.07, 6.45) is 0. The van der Waals surface area contributed by atoms with Crippen LogP contribution in [0, 0.1) is 90.4 Å². The molecule has 0 aromatic heterocycles. The zero-order valence-electron chi connectivity index (χ0n) is 14.2. The molecule has 0 heterocycles. The summed E-state index contributed by atoms with van der Waals surface area (Å²) in [6, 6.07) is 10.3. The summed E-state index contributed by atoms with van der Waals surface area (Å²) in [5, 5.41) is 0. The third-order valence-electron chi connectivity index (χ3n) is 1.34. The smallest absolute Gasteiger partial charge is 0.563 e. The maximum Gasteiger partial charge on any atom is 3.00 e. The molecule has 0 saturated heterocycles. The first-order chi connectivity index (χ1) is 12.8. The largest absolute Gasteiger partial charge is 3.00 e. The van der Waals surface area contributed by atoms with Crippen molar-refractivity contribution in [1.29, 1.82) is 0 Å². The number of hydrogen-bond acceptors (Lipinski definition) is 15. The zero-order chi connectivity index (χ0) is 22.7. The molecule has 0 N–H and O–H groups in total. The Labute approximate surface area is 242 Å². The Bertz CT molecular complexity index is 577. The first-order valence-electron chi connectivity index (χ1n) is 5.70. The summed E-state index contributed by atoms with van der Waals surface area (Å²) in [5.41, 5.74) is 1.32. The van der Waals surface area contributed by atoms with Crippen LogP contribution in [0.4, 0.5) is 0 Å². The molecule has 0 bridgehead atoms. The van der Waals surface area contributed by atoms with Gasteiger partial charge in [0.25, 0.3) is 0 Å². The van der Waals surface area contributed by atoms with Crippen molar-refractivity contribution in [1.82, 2.24) is 0 Å². The van der Waals surface area contributed by atoms with E-state index in [1.807, 2.05) is 18.2 Å². The summed E-state index contributed by atoms with van der Waals surface area (Å²) in [6.45, 7) is 2.08. The summed E-state index contributed by atoms with van der Waals surface area (Å²) in [4.78, 5) is 55.4. The molecule has 15 nitrogen and oxygen atoms in total. The molecule has 2 radical (unpaired) electrons. The van der Waals surface area contributed by atoms with E-state index >= 15 is 0 Å². The maximum absolute atomic E-state index is 9.24. The van der Waals surface area contributed by atoms with E-state index in [1.165, 1.54) is 5.56 Å². The molecule has 6 unspecified atom stereocenters. The standard InChI is InChI=1S/C7H8.2Ce.3O5P2/c1-7-5-3-2-4-6-7;;;3*1-6(2)5-7(3)4/h2-6H,1H3;;;;;/q;2*+3;;;. The Morgan fingerprint density at radius 1 is 0.533 bits per heavy atom. The van der Waals surface area contributed by atoms with Gasteiger partial charge in [-0.2, -0.15) is 0 Å². The second kappa shape index (κ2) is 29.2. The number of rotatable bonds is 6. The molecule has 0 fully saturated rings. The van der Waals surface area contributed by atoms with Gasteiger partial charge < -0.3 is 29.4 Å². The van der Waals surface area contributed by atoms with Gasteiger partial charge in [0, 0.05) is 0 Å². The van der Waals surface area contributed by atoms with Gasteiger partial charge in [0.05, 0.1) is 0 Å². The van der Waals surface area contributed by atoms with E-state index in [4.69, 9.17) is 0 Å². The topological polar surface area (TPSA) is 268 Å². The first-order valence-corrected chi connectivity index (χ1v) is 12.3. The predicted molar refractivity (Wildman–Crippen MR) is 80.1 cm³/mol. The molecule has 0 aliphatic carbocycles. The molecule has 30 heavy (non-hydrogen) atoms. The van der Waals surface area contributed by atoms with Crippen LogP contribution in [0.5, 0.6) is 0 Å². The average Bonchev–Trinajstić information content (AvgIpc) is 2.45. The molecule has 0 saturated carbocycles. The Hall–Kier alpha value is 2.21. The molecule has 0 aliphatic heterocycles. The fourth-order valence-electron chi connectivity index (χ4n) is 0.698. The van der Waals surface area contributed by atoms with Gasteiger partial charge >= 0.3 is 133 Å². The Morgan fingerprint density at radius 3 is 0.800 bits per heavy atom. The predicted octanol–water partition coefficient (Wildman–Crippen LogP) is -0.890. The minimum absolute atomic E-state index is 0. The quantitative estimate of drug-likeness (QED) is 0.316. The second-order valence-electron chi connectivity index (χ2n) is 3.24. The minimum Gasteiger partial charge on any atom is -0.563 e. The van der Waals surface area contributed by atoms with Crippen molar-refractivity contribution < 1.29 is 153 Å². The van der Waals surface area contributed by atoms with Gasteiger partial charge in [-0.05, 0) is 34.3 Å². The van der Waals surface area contributed by atoms with E-state index in [2.05, 4.69) is 32.0 Å². The Kier molecular flexibility index (Phi) is 41.3.